The smallest absolute Gasteiger partial charge is 0.341 e. The van der Waals surface area contributed by atoms with Crippen LogP contribution in [-0.4, -0.2) is 31.0 Å². The van der Waals surface area contributed by atoms with Gasteiger partial charge in [-0.2, -0.15) is 0 Å². The molecular formula is C40H36N4O6. The highest BCUT2D eigenvalue weighted by Gasteiger charge is 2.30. The molecule has 50 heavy (non-hydrogen) atoms. The van der Waals surface area contributed by atoms with Gasteiger partial charge in [0.25, 0.3) is 11.1 Å². The summed E-state index contributed by atoms with van der Waals surface area (Å²) in [7, 11) is 0. The SMILES string of the molecule is Cc1c(-c2cccc(N)c2)ccn2c(=O)c(C(=O)O)cc(C3CC3)c12.Cc1c(-c2cccc(N)c2)ccn2c(=O)c(C(=O)O)cc(C3CC3)c12. The molecule has 10 nitrogen and oxygen atoms in total. The minimum absolute atomic E-state index is 0.171. The molecule has 2 saturated carbocycles. The number of aromatic carboxylic acids is 2. The van der Waals surface area contributed by atoms with E-state index in [0.29, 0.717) is 23.2 Å². The lowest BCUT2D eigenvalue weighted by molar-refractivity contribution is 0.0683. The van der Waals surface area contributed by atoms with E-state index in [9.17, 15) is 29.4 Å². The number of carboxylic acids is 2. The van der Waals surface area contributed by atoms with Crippen molar-refractivity contribution >= 4 is 34.3 Å². The third kappa shape index (κ3) is 5.78. The monoisotopic (exact) mass is 668 g/mol. The molecular weight excluding hydrogens is 632 g/mol. The Morgan fingerprint density at radius 2 is 1.00 bits per heavy atom. The van der Waals surface area contributed by atoms with Gasteiger partial charge >= 0.3 is 11.9 Å². The zero-order valence-corrected chi connectivity index (χ0v) is 27.6. The summed E-state index contributed by atoms with van der Waals surface area (Å²) >= 11 is 0. The van der Waals surface area contributed by atoms with E-state index in [-0.39, 0.29) is 11.1 Å². The summed E-state index contributed by atoms with van der Waals surface area (Å²) in [4.78, 5) is 48.1. The van der Waals surface area contributed by atoms with E-state index in [1.807, 2.05) is 74.5 Å². The van der Waals surface area contributed by atoms with E-state index in [4.69, 9.17) is 11.5 Å². The average Bonchev–Trinajstić information content (AvgIpc) is 4.00. The molecule has 6 N–H and O–H groups in total. The molecule has 0 atom stereocenters. The third-order valence-electron chi connectivity index (χ3n) is 9.72. The summed E-state index contributed by atoms with van der Waals surface area (Å²) in [6, 6.07) is 22.1. The summed E-state index contributed by atoms with van der Waals surface area (Å²) in [5.74, 6) is -1.72. The molecule has 4 aromatic heterocycles. The second-order valence-electron chi connectivity index (χ2n) is 13.2. The summed E-state index contributed by atoms with van der Waals surface area (Å²) in [6.07, 6.45) is 7.43. The molecule has 8 rings (SSSR count). The van der Waals surface area contributed by atoms with Gasteiger partial charge < -0.3 is 21.7 Å². The van der Waals surface area contributed by atoms with Crippen molar-refractivity contribution in [3.05, 3.63) is 139 Å². The van der Waals surface area contributed by atoms with Gasteiger partial charge in [-0.1, -0.05) is 24.3 Å². The maximum Gasteiger partial charge on any atom is 0.341 e. The summed E-state index contributed by atoms with van der Waals surface area (Å²) < 4.78 is 2.95. The number of carbonyl (C=O) groups is 2. The molecule has 6 aromatic rings. The molecule has 0 spiro atoms. The van der Waals surface area contributed by atoms with Gasteiger partial charge in [-0.25, -0.2) is 9.59 Å². The fraction of sp³-hybridized carbons (Fsp3) is 0.200. The number of nitrogens with two attached hydrogens (primary N) is 2. The Morgan fingerprint density at radius 1 is 0.620 bits per heavy atom. The number of aromatic nitrogens is 2. The number of nitrogens with zero attached hydrogens (tertiary/aromatic N) is 2. The average molecular weight is 669 g/mol. The van der Waals surface area contributed by atoms with E-state index in [1.54, 1.807) is 24.5 Å². The van der Waals surface area contributed by atoms with Gasteiger partial charge in [0.05, 0.1) is 11.0 Å². The fourth-order valence-electron chi connectivity index (χ4n) is 6.95. The molecule has 2 aromatic carbocycles. The van der Waals surface area contributed by atoms with Crippen LogP contribution < -0.4 is 22.6 Å². The van der Waals surface area contributed by atoms with Gasteiger partial charge in [-0.15, -0.1) is 0 Å². The Bertz CT molecular complexity index is 2330. The first-order valence-electron chi connectivity index (χ1n) is 16.5. The highest BCUT2D eigenvalue weighted by atomic mass is 16.4. The van der Waals surface area contributed by atoms with Crippen molar-refractivity contribution < 1.29 is 19.8 Å². The molecule has 10 heteroatoms. The van der Waals surface area contributed by atoms with Crippen molar-refractivity contribution in [3.8, 4) is 22.3 Å². The number of hydrogen-bond donors (Lipinski definition) is 4. The molecule has 2 aliphatic carbocycles. The Kier molecular flexibility index (Phi) is 8.02. The maximum absolute atomic E-state index is 12.6. The van der Waals surface area contributed by atoms with Crippen LogP contribution in [0, 0.1) is 13.8 Å². The zero-order chi connectivity index (χ0) is 35.4. The van der Waals surface area contributed by atoms with Crippen LogP contribution in [0.5, 0.6) is 0 Å². The highest BCUT2D eigenvalue weighted by Crippen LogP contribution is 2.44. The van der Waals surface area contributed by atoms with Crippen LogP contribution in [-0.2, 0) is 0 Å². The predicted octanol–water partition coefficient (Wildman–Crippen LogP) is 6.87. The summed E-state index contributed by atoms with van der Waals surface area (Å²) in [5, 5.41) is 18.7. The standard InChI is InChI=1S/2C20H18N2O3/c2*1-11-15(13-3-2-4-14(21)9-13)7-8-22-18(11)16(12-5-6-12)10-17(19(22)23)20(24)25/h2*2-4,7-10,12H,5-6,21H2,1H3,(H,24,25). The van der Waals surface area contributed by atoms with E-state index in [0.717, 1.165) is 81.2 Å². The first-order chi connectivity index (χ1) is 23.9. The zero-order valence-electron chi connectivity index (χ0n) is 27.6. The van der Waals surface area contributed by atoms with Crippen molar-refractivity contribution in [1.82, 2.24) is 8.80 Å². The van der Waals surface area contributed by atoms with Crippen LogP contribution in [0.4, 0.5) is 11.4 Å². The number of pyridine rings is 4. The lowest BCUT2D eigenvalue weighted by Gasteiger charge is -2.15. The normalized spacial score (nSPS) is 14.0. The van der Waals surface area contributed by atoms with E-state index in [2.05, 4.69) is 0 Å². The van der Waals surface area contributed by atoms with Crippen molar-refractivity contribution in [2.24, 2.45) is 0 Å². The molecule has 0 amide bonds. The maximum atomic E-state index is 12.6. The largest absolute Gasteiger partial charge is 0.477 e. The van der Waals surface area contributed by atoms with E-state index < -0.39 is 23.1 Å². The Morgan fingerprint density at radius 3 is 1.32 bits per heavy atom. The second kappa shape index (κ2) is 12.4. The van der Waals surface area contributed by atoms with Crippen molar-refractivity contribution in [2.75, 3.05) is 11.5 Å². The van der Waals surface area contributed by atoms with Gasteiger partial charge in [0.15, 0.2) is 0 Å². The molecule has 2 fully saturated rings. The molecule has 2 aliphatic rings. The predicted molar refractivity (Wildman–Crippen MR) is 194 cm³/mol. The lowest BCUT2D eigenvalue weighted by atomic mass is 9.96. The van der Waals surface area contributed by atoms with Crippen LogP contribution in [0.2, 0.25) is 0 Å². The molecule has 0 radical (unpaired) electrons. The number of fused-ring (bicyclic) bond motifs is 2. The Hall–Kier alpha value is -6.16. The molecule has 252 valence electrons. The number of rotatable bonds is 6. The van der Waals surface area contributed by atoms with Crippen LogP contribution in [0.3, 0.4) is 0 Å². The minimum atomic E-state index is -1.18. The molecule has 0 unspecified atom stereocenters. The number of anilines is 2. The second-order valence-corrected chi connectivity index (χ2v) is 13.2. The molecule has 0 bridgehead atoms. The third-order valence-corrected chi connectivity index (χ3v) is 9.72. The summed E-state index contributed by atoms with van der Waals surface area (Å²) in [5.41, 5.74) is 21.2. The van der Waals surface area contributed by atoms with Crippen LogP contribution in [0.25, 0.3) is 33.3 Å². The van der Waals surface area contributed by atoms with Gasteiger partial charge in [-0.3, -0.25) is 18.4 Å². The fourth-order valence-corrected chi connectivity index (χ4v) is 6.95. The van der Waals surface area contributed by atoms with Gasteiger partial charge in [0.1, 0.15) is 11.1 Å². The number of benzene rings is 2. The summed E-state index contributed by atoms with van der Waals surface area (Å²) in [6.45, 7) is 3.94. The topological polar surface area (TPSA) is 170 Å². The van der Waals surface area contributed by atoms with Gasteiger partial charge in [0, 0.05) is 23.8 Å². The number of nitrogen functional groups attached to an aromatic ring is 2. The molecule has 0 saturated heterocycles. The van der Waals surface area contributed by atoms with Crippen molar-refractivity contribution in [1.29, 1.82) is 0 Å². The quantitative estimate of drug-likeness (QED) is 0.139. The highest BCUT2D eigenvalue weighted by molar-refractivity contribution is 5.90. The van der Waals surface area contributed by atoms with Crippen molar-refractivity contribution in [3.63, 3.8) is 0 Å². The van der Waals surface area contributed by atoms with Crippen LogP contribution in [0.15, 0.2) is 94.8 Å². The van der Waals surface area contributed by atoms with E-state index >= 15 is 0 Å². The molecule has 0 aliphatic heterocycles. The Labute approximate surface area is 286 Å². The Balaban J connectivity index is 0.000000157. The molecule has 4 heterocycles. The lowest BCUT2D eigenvalue weighted by Crippen LogP contribution is -2.23. The number of hydrogen-bond acceptors (Lipinski definition) is 6. The first-order valence-corrected chi connectivity index (χ1v) is 16.5. The van der Waals surface area contributed by atoms with Gasteiger partial charge in [0.2, 0.25) is 0 Å². The van der Waals surface area contributed by atoms with E-state index in [1.165, 1.54) is 8.80 Å². The number of carboxylic acid groups (broad SMARTS) is 2. The van der Waals surface area contributed by atoms with Crippen LogP contribution in [0.1, 0.15) is 80.5 Å². The van der Waals surface area contributed by atoms with Crippen LogP contribution >= 0.6 is 0 Å². The number of aryl methyl sites for hydroxylation is 2. The van der Waals surface area contributed by atoms with Gasteiger partial charge in [-0.05, 0) is 144 Å². The minimum Gasteiger partial charge on any atom is -0.477 e. The van der Waals surface area contributed by atoms with Crippen molar-refractivity contribution in [2.45, 2.75) is 51.4 Å². The first kappa shape index (κ1) is 32.4.